The van der Waals surface area contributed by atoms with E-state index in [2.05, 4.69) is 34.0 Å². The summed E-state index contributed by atoms with van der Waals surface area (Å²) in [5.74, 6) is 0. The third-order valence-electron chi connectivity index (χ3n) is 5.22. The zero-order chi connectivity index (χ0) is 20.0. The summed E-state index contributed by atoms with van der Waals surface area (Å²) < 4.78 is 3.99. The second-order valence-corrected chi connectivity index (χ2v) is 7.44. The molecule has 3 aromatic heterocycles. The van der Waals surface area contributed by atoms with E-state index in [9.17, 15) is 0 Å². The summed E-state index contributed by atoms with van der Waals surface area (Å²) in [5.41, 5.74) is 7.98. The van der Waals surface area contributed by atoms with E-state index in [0.29, 0.717) is 5.15 Å². The number of aromatic nitrogens is 5. The molecule has 0 N–H and O–H groups in total. The fraction of sp³-hybridized carbons (Fsp3) is 0.182. The van der Waals surface area contributed by atoms with Crippen LogP contribution in [0.4, 0.5) is 0 Å². The van der Waals surface area contributed by atoms with Gasteiger partial charge in [0.1, 0.15) is 10.8 Å². The number of hydrogen-bond acceptors (Lipinski definition) is 3. The van der Waals surface area contributed by atoms with Crippen LogP contribution in [0.25, 0.3) is 33.2 Å². The van der Waals surface area contributed by atoms with Crippen LogP contribution in [0.5, 0.6) is 0 Å². The highest BCUT2D eigenvalue weighted by Crippen LogP contribution is 2.38. The fourth-order valence-electron chi connectivity index (χ4n) is 3.88. The zero-order valence-electron chi connectivity index (χ0n) is 15.8. The minimum atomic E-state index is 0.280. The Morgan fingerprint density at radius 2 is 2.03 bits per heavy atom. The lowest BCUT2D eigenvalue weighted by atomic mass is 10.00. The Morgan fingerprint density at radius 1 is 1.17 bits per heavy atom. The zero-order valence-corrected chi connectivity index (χ0v) is 16.6. The Morgan fingerprint density at radius 3 is 2.79 bits per heavy atom. The van der Waals surface area contributed by atoms with Crippen molar-refractivity contribution in [3.8, 4) is 28.3 Å². The second kappa shape index (κ2) is 6.87. The molecule has 0 spiro atoms. The van der Waals surface area contributed by atoms with E-state index in [1.807, 2.05) is 33.6 Å². The number of hydrogen-bond donors (Lipinski definition) is 0. The number of fused-ring (bicyclic) bond motifs is 3. The van der Waals surface area contributed by atoms with Gasteiger partial charge in [0.05, 0.1) is 22.8 Å². The van der Waals surface area contributed by atoms with Gasteiger partial charge in [0.25, 0.3) is 6.54 Å². The highest BCUT2D eigenvalue weighted by molar-refractivity contribution is 6.29. The van der Waals surface area contributed by atoms with Gasteiger partial charge < -0.3 is 4.85 Å². The smallest absolute Gasteiger partial charge is 0.258 e. The number of rotatable bonds is 3. The maximum Gasteiger partial charge on any atom is 0.258 e. The third-order valence-corrected chi connectivity index (χ3v) is 5.44. The van der Waals surface area contributed by atoms with Crippen LogP contribution in [0.15, 0.2) is 48.7 Å². The number of nitrogens with zero attached hydrogens (tertiary/aromatic N) is 6. The van der Waals surface area contributed by atoms with Gasteiger partial charge >= 0.3 is 0 Å². The molecule has 0 fully saturated rings. The summed E-state index contributed by atoms with van der Waals surface area (Å²) in [7, 11) is 0. The highest BCUT2D eigenvalue weighted by Gasteiger charge is 2.29. The van der Waals surface area contributed by atoms with E-state index >= 15 is 0 Å². The van der Waals surface area contributed by atoms with Gasteiger partial charge in [0.2, 0.25) is 0 Å². The van der Waals surface area contributed by atoms with Gasteiger partial charge in [-0.1, -0.05) is 29.8 Å². The Kier molecular flexibility index (Phi) is 4.18. The summed E-state index contributed by atoms with van der Waals surface area (Å²) >= 11 is 5.99. The predicted octanol–water partition coefficient (Wildman–Crippen LogP) is 4.74. The molecule has 1 aliphatic heterocycles. The number of halogens is 1. The van der Waals surface area contributed by atoms with Crippen LogP contribution in [0.3, 0.4) is 0 Å². The maximum atomic E-state index is 7.17. The number of pyridine rings is 1. The summed E-state index contributed by atoms with van der Waals surface area (Å²) in [6.45, 7) is 10.3. The third kappa shape index (κ3) is 2.91. The average Bonchev–Trinajstić information content (AvgIpc) is 3.30. The molecule has 1 aliphatic rings. The standard InChI is InChI=1S/C22H17ClN6/c1-14-5-3-4-6-18(14)29-22-17(21(27-29)15-7-8-20(23)25-12-15)9-10-28-19(22)11-16(26-28)13-24-2/h3-8,11-12H,9-10,13H2,1H3. The molecule has 1 aromatic carbocycles. The van der Waals surface area contributed by atoms with Crippen molar-refractivity contribution in [3.05, 3.63) is 82.1 Å². The number of benzene rings is 1. The maximum absolute atomic E-state index is 7.17. The van der Waals surface area contributed by atoms with Crippen LogP contribution in [-0.2, 0) is 19.5 Å². The molecular weight excluding hydrogens is 384 g/mol. The van der Waals surface area contributed by atoms with E-state index in [-0.39, 0.29) is 6.54 Å². The van der Waals surface area contributed by atoms with Crippen LogP contribution < -0.4 is 0 Å². The molecule has 0 atom stereocenters. The second-order valence-electron chi connectivity index (χ2n) is 7.05. The van der Waals surface area contributed by atoms with Crippen LogP contribution in [0, 0.1) is 13.5 Å². The molecule has 4 heterocycles. The predicted molar refractivity (Wildman–Crippen MR) is 112 cm³/mol. The first-order valence-corrected chi connectivity index (χ1v) is 9.73. The first-order chi connectivity index (χ1) is 14.2. The molecule has 142 valence electrons. The largest absolute Gasteiger partial charge is 0.310 e. The van der Waals surface area contributed by atoms with Crippen molar-refractivity contribution in [1.82, 2.24) is 24.5 Å². The number of para-hydroxylation sites is 1. The van der Waals surface area contributed by atoms with Crippen LogP contribution in [0.1, 0.15) is 16.8 Å². The molecule has 0 bridgehead atoms. The molecule has 7 heteroatoms. The van der Waals surface area contributed by atoms with Gasteiger partial charge in [0, 0.05) is 23.9 Å². The topological polar surface area (TPSA) is 52.9 Å². The summed E-state index contributed by atoms with van der Waals surface area (Å²) in [4.78, 5) is 7.73. The minimum Gasteiger partial charge on any atom is -0.310 e. The number of aryl methyl sites for hydroxylation is 2. The van der Waals surface area contributed by atoms with E-state index in [0.717, 1.165) is 52.6 Å². The van der Waals surface area contributed by atoms with Gasteiger partial charge in [0.15, 0.2) is 0 Å². The molecule has 5 rings (SSSR count). The summed E-state index contributed by atoms with van der Waals surface area (Å²) in [5, 5.41) is 10.1. The lowest BCUT2D eigenvalue weighted by Gasteiger charge is -2.17. The van der Waals surface area contributed by atoms with Crippen molar-refractivity contribution in [2.24, 2.45) is 0 Å². The summed E-state index contributed by atoms with van der Waals surface area (Å²) in [6, 6.07) is 13.9. The molecule has 0 amide bonds. The van der Waals surface area contributed by atoms with Gasteiger partial charge in [-0.15, -0.1) is 0 Å². The SMILES string of the molecule is [C-]#[N+]Cc1cc2n(n1)CCc1c(-c3ccc(Cl)nc3)nn(-c3ccccc3C)c1-2. The van der Waals surface area contributed by atoms with E-state index in [1.54, 1.807) is 12.3 Å². The van der Waals surface area contributed by atoms with Crippen molar-refractivity contribution < 1.29 is 0 Å². The van der Waals surface area contributed by atoms with Crippen molar-refractivity contribution in [2.45, 2.75) is 26.4 Å². The first-order valence-electron chi connectivity index (χ1n) is 9.36. The van der Waals surface area contributed by atoms with Gasteiger partial charge in [-0.3, -0.25) is 4.68 Å². The van der Waals surface area contributed by atoms with Crippen LogP contribution in [-0.4, -0.2) is 24.5 Å². The van der Waals surface area contributed by atoms with E-state index in [1.165, 1.54) is 5.56 Å². The van der Waals surface area contributed by atoms with Crippen molar-refractivity contribution >= 4 is 11.6 Å². The minimum absolute atomic E-state index is 0.280. The van der Waals surface area contributed by atoms with E-state index < -0.39 is 0 Å². The highest BCUT2D eigenvalue weighted by atomic mass is 35.5. The van der Waals surface area contributed by atoms with Crippen molar-refractivity contribution in [1.29, 1.82) is 0 Å². The van der Waals surface area contributed by atoms with Crippen LogP contribution >= 0.6 is 11.6 Å². The molecule has 0 aliphatic carbocycles. The Labute approximate surface area is 173 Å². The Hall–Kier alpha value is -3.43. The fourth-order valence-corrected chi connectivity index (χ4v) is 3.99. The molecule has 0 radical (unpaired) electrons. The van der Waals surface area contributed by atoms with Gasteiger partial charge in [-0.05, 0) is 43.2 Å². The summed E-state index contributed by atoms with van der Waals surface area (Å²) in [6.07, 6.45) is 2.58. The normalized spacial score (nSPS) is 12.3. The molecule has 29 heavy (non-hydrogen) atoms. The molecule has 6 nitrogen and oxygen atoms in total. The lowest BCUT2D eigenvalue weighted by molar-refractivity contribution is 0.598. The van der Waals surface area contributed by atoms with Gasteiger partial charge in [-0.25, -0.2) is 16.2 Å². The molecule has 4 aromatic rings. The first kappa shape index (κ1) is 17.7. The lowest BCUT2D eigenvalue weighted by Crippen LogP contribution is -2.14. The van der Waals surface area contributed by atoms with Crippen LogP contribution in [0.2, 0.25) is 5.15 Å². The van der Waals surface area contributed by atoms with Gasteiger partial charge in [-0.2, -0.15) is 10.2 Å². The van der Waals surface area contributed by atoms with Crippen molar-refractivity contribution in [2.75, 3.05) is 0 Å². The quantitative estimate of drug-likeness (QED) is 0.369. The Balaban J connectivity index is 1.78. The molecule has 0 saturated carbocycles. The van der Waals surface area contributed by atoms with Crippen molar-refractivity contribution in [3.63, 3.8) is 0 Å². The monoisotopic (exact) mass is 400 g/mol. The molecular formula is C22H17ClN6. The molecule has 0 saturated heterocycles. The Bertz CT molecular complexity index is 1260. The average molecular weight is 401 g/mol. The molecule has 0 unspecified atom stereocenters. The van der Waals surface area contributed by atoms with E-state index in [4.69, 9.17) is 23.3 Å².